The van der Waals surface area contributed by atoms with Gasteiger partial charge in [-0.3, -0.25) is 4.98 Å². The number of halogens is 2. The summed E-state index contributed by atoms with van der Waals surface area (Å²) >= 11 is 6.98. The van der Waals surface area contributed by atoms with Crippen LogP contribution in [0.5, 0.6) is 5.75 Å². The van der Waals surface area contributed by atoms with Gasteiger partial charge in [-0.2, -0.15) is 0 Å². The van der Waals surface area contributed by atoms with Gasteiger partial charge in [-0.25, -0.2) is 0 Å². The second-order valence-corrected chi connectivity index (χ2v) is 5.41. The third kappa shape index (κ3) is 2.38. The van der Waals surface area contributed by atoms with Gasteiger partial charge < -0.3 is 4.74 Å². The highest BCUT2D eigenvalue weighted by molar-refractivity contribution is 9.13. The molecule has 1 aromatic heterocycles. The first-order chi connectivity index (χ1) is 7.58. The normalized spacial score (nSPS) is 11.1. The summed E-state index contributed by atoms with van der Waals surface area (Å²) in [5, 5.41) is 1.05. The molecule has 0 radical (unpaired) electrons. The lowest BCUT2D eigenvalue weighted by atomic mass is 10.2. The highest BCUT2D eigenvalue weighted by atomic mass is 79.9. The molecule has 0 saturated carbocycles. The lowest BCUT2D eigenvalue weighted by Gasteiger charge is -2.10. The maximum atomic E-state index is 5.65. The summed E-state index contributed by atoms with van der Waals surface area (Å²) in [7, 11) is 0. The zero-order valence-electron chi connectivity index (χ0n) is 9.00. The number of hydrogen-bond donors (Lipinski definition) is 0. The third-order valence-electron chi connectivity index (χ3n) is 2.10. The summed E-state index contributed by atoms with van der Waals surface area (Å²) in [6.07, 6.45) is 1.96. The Morgan fingerprint density at radius 3 is 2.69 bits per heavy atom. The molecule has 0 saturated heterocycles. The van der Waals surface area contributed by atoms with E-state index in [4.69, 9.17) is 4.74 Å². The molecule has 0 unspecified atom stereocenters. The Bertz CT molecular complexity index is 526. The van der Waals surface area contributed by atoms with Gasteiger partial charge in [0.2, 0.25) is 0 Å². The minimum atomic E-state index is 0.177. The number of nitrogens with zero attached hydrogens (tertiary/aromatic N) is 1. The van der Waals surface area contributed by atoms with E-state index in [0.717, 1.165) is 25.6 Å². The summed E-state index contributed by atoms with van der Waals surface area (Å²) in [5.74, 6) is 0.864. The summed E-state index contributed by atoms with van der Waals surface area (Å²) in [6, 6.07) is 5.90. The van der Waals surface area contributed by atoms with Crippen LogP contribution in [0, 0.1) is 0 Å². The molecule has 0 fully saturated rings. The standard InChI is InChI=1S/C12H11Br2NO/c1-7(2)16-8-3-4-11-9(5-8)12(14)10(13)6-15-11/h3-7H,1-2H3. The monoisotopic (exact) mass is 343 g/mol. The van der Waals surface area contributed by atoms with Gasteiger partial charge in [-0.15, -0.1) is 0 Å². The second-order valence-electron chi connectivity index (χ2n) is 3.77. The van der Waals surface area contributed by atoms with E-state index in [9.17, 15) is 0 Å². The summed E-state index contributed by atoms with van der Waals surface area (Å²) in [4.78, 5) is 4.33. The Morgan fingerprint density at radius 1 is 1.25 bits per heavy atom. The summed E-state index contributed by atoms with van der Waals surface area (Å²) in [6.45, 7) is 4.02. The predicted molar refractivity (Wildman–Crippen MR) is 72.9 cm³/mol. The highest BCUT2D eigenvalue weighted by Gasteiger charge is 2.06. The van der Waals surface area contributed by atoms with Gasteiger partial charge in [0, 0.05) is 16.1 Å². The van der Waals surface area contributed by atoms with Crippen LogP contribution in [-0.4, -0.2) is 11.1 Å². The Hall–Kier alpha value is -0.610. The summed E-state index contributed by atoms with van der Waals surface area (Å²) < 4.78 is 7.61. The molecule has 0 aliphatic rings. The second kappa shape index (κ2) is 4.72. The number of pyridine rings is 1. The van der Waals surface area contributed by atoms with E-state index in [1.54, 1.807) is 6.20 Å². The van der Waals surface area contributed by atoms with Crippen molar-refractivity contribution in [1.29, 1.82) is 0 Å². The molecule has 0 amide bonds. The van der Waals surface area contributed by atoms with Crippen molar-refractivity contribution in [3.63, 3.8) is 0 Å². The van der Waals surface area contributed by atoms with Crippen molar-refractivity contribution in [1.82, 2.24) is 4.98 Å². The van der Waals surface area contributed by atoms with Crippen molar-refractivity contribution in [2.75, 3.05) is 0 Å². The first-order valence-electron chi connectivity index (χ1n) is 4.98. The van der Waals surface area contributed by atoms with Gasteiger partial charge in [0.15, 0.2) is 0 Å². The molecule has 1 aromatic carbocycles. The Kier molecular flexibility index (Phi) is 3.50. The number of fused-ring (bicyclic) bond motifs is 1. The van der Waals surface area contributed by atoms with E-state index >= 15 is 0 Å². The van der Waals surface area contributed by atoms with Crippen LogP contribution in [0.4, 0.5) is 0 Å². The quantitative estimate of drug-likeness (QED) is 0.797. The molecule has 0 N–H and O–H groups in total. The lowest BCUT2D eigenvalue weighted by molar-refractivity contribution is 0.243. The first kappa shape index (κ1) is 11.9. The minimum absolute atomic E-state index is 0.177. The van der Waals surface area contributed by atoms with Crippen LogP contribution >= 0.6 is 31.9 Å². The summed E-state index contributed by atoms with van der Waals surface area (Å²) in [5.41, 5.74) is 0.950. The van der Waals surface area contributed by atoms with Crippen LogP contribution in [0.25, 0.3) is 10.9 Å². The van der Waals surface area contributed by atoms with Crippen LogP contribution < -0.4 is 4.74 Å². The minimum Gasteiger partial charge on any atom is -0.491 e. The van der Waals surface area contributed by atoms with Gasteiger partial charge in [-0.05, 0) is 63.9 Å². The molecule has 16 heavy (non-hydrogen) atoms. The van der Waals surface area contributed by atoms with Crippen molar-refractivity contribution in [2.45, 2.75) is 20.0 Å². The molecule has 0 bridgehead atoms. The molecule has 2 nitrogen and oxygen atoms in total. The molecule has 0 atom stereocenters. The fourth-order valence-electron chi connectivity index (χ4n) is 1.46. The zero-order valence-corrected chi connectivity index (χ0v) is 12.2. The SMILES string of the molecule is CC(C)Oc1ccc2ncc(Br)c(Br)c2c1. The molecule has 2 aromatic rings. The molecule has 0 aliphatic carbocycles. The number of aromatic nitrogens is 1. The molecule has 2 rings (SSSR count). The van der Waals surface area contributed by atoms with Crippen molar-refractivity contribution >= 4 is 42.8 Å². The van der Waals surface area contributed by atoms with Crippen LogP contribution in [0.3, 0.4) is 0 Å². The molecular formula is C12H11Br2NO. The van der Waals surface area contributed by atoms with E-state index in [1.165, 1.54) is 0 Å². The van der Waals surface area contributed by atoms with Gasteiger partial charge in [0.25, 0.3) is 0 Å². The number of hydrogen-bond acceptors (Lipinski definition) is 2. The Balaban J connectivity index is 2.55. The van der Waals surface area contributed by atoms with E-state index in [0.29, 0.717) is 0 Å². The highest BCUT2D eigenvalue weighted by Crippen LogP contribution is 2.32. The van der Waals surface area contributed by atoms with Gasteiger partial charge in [0.1, 0.15) is 5.75 Å². The van der Waals surface area contributed by atoms with Crippen molar-refractivity contribution in [2.24, 2.45) is 0 Å². The smallest absolute Gasteiger partial charge is 0.120 e. The van der Waals surface area contributed by atoms with Crippen molar-refractivity contribution < 1.29 is 4.74 Å². The fourth-order valence-corrected chi connectivity index (χ4v) is 2.20. The lowest BCUT2D eigenvalue weighted by Crippen LogP contribution is -2.05. The number of ether oxygens (including phenoxy) is 1. The van der Waals surface area contributed by atoms with E-state index in [2.05, 4.69) is 36.8 Å². The van der Waals surface area contributed by atoms with Gasteiger partial charge in [-0.1, -0.05) is 0 Å². The predicted octanol–water partition coefficient (Wildman–Crippen LogP) is 4.55. The van der Waals surface area contributed by atoms with Crippen LogP contribution in [0.2, 0.25) is 0 Å². The van der Waals surface area contributed by atoms with E-state index < -0.39 is 0 Å². The van der Waals surface area contributed by atoms with Crippen molar-refractivity contribution in [3.8, 4) is 5.75 Å². The van der Waals surface area contributed by atoms with Crippen LogP contribution in [-0.2, 0) is 0 Å². The Morgan fingerprint density at radius 2 is 2.00 bits per heavy atom. The molecule has 0 aliphatic heterocycles. The van der Waals surface area contributed by atoms with Gasteiger partial charge in [0.05, 0.1) is 16.1 Å². The molecular weight excluding hydrogens is 334 g/mol. The fraction of sp³-hybridized carbons (Fsp3) is 0.250. The van der Waals surface area contributed by atoms with E-state index in [-0.39, 0.29) is 6.10 Å². The van der Waals surface area contributed by atoms with Crippen LogP contribution in [0.15, 0.2) is 33.3 Å². The molecule has 84 valence electrons. The van der Waals surface area contributed by atoms with E-state index in [1.807, 2.05) is 32.0 Å². The molecule has 1 heterocycles. The third-order valence-corrected chi connectivity index (χ3v) is 4.09. The first-order valence-corrected chi connectivity index (χ1v) is 6.57. The maximum Gasteiger partial charge on any atom is 0.120 e. The molecule has 0 spiro atoms. The molecule has 4 heteroatoms. The topological polar surface area (TPSA) is 22.1 Å². The number of benzene rings is 1. The average Bonchev–Trinajstić information content (AvgIpc) is 2.23. The number of rotatable bonds is 2. The average molecular weight is 345 g/mol. The zero-order chi connectivity index (χ0) is 11.7. The largest absolute Gasteiger partial charge is 0.491 e. The van der Waals surface area contributed by atoms with Crippen molar-refractivity contribution in [3.05, 3.63) is 33.3 Å². The van der Waals surface area contributed by atoms with Crippen LogP contribution in [0.1, 0.15) is 13.8 Å². The maximum absolute atomic E-state index is 5.65. The Labute approximate surface area is 111 Å². The van der Waals surface area contributed by atoms with Gasteiger partial charge >= 0.3 is 0 Å².